The van der Waals surface area contributed by atoms with Crippen LogP contribution in [0.25, 0.3) is 0 Å². The predicted octanol–water partition coefficient (Wildman–Crippen LogP) is 1.89. The van der Waals surface area contributed by atoms with Gasteiger partial charge in [0.15, 0.2) is 11.6 Å². The number of halogens is 1. The standard InChI is InChI=1S/C14H21FN2O/c1-16-11-12-5-4-8-17(12)9-10-18-14-7-3-2-6-13(14)15/h2-3,6-7,12,16H,4-5,8-11H2,1H3. The van der Waals surface area contributed by atoms with Gasteiger partial charge >= 0.3 is 0 Å². The Hall–Kier alpha value is -1.13. The maximum atomic E-state index is 13.3. The van der Waals surface area contributed by atoms with E-state index in [0.717, 1.165) is 19.6 Å². The topological polar surface area (TPSA) is 24.5 Å². The fourth-order valence-electron chi connectivity index (χ4n) is 2.49. The van der Waals surface area contributed by atoms with Gasteiger partial charge in [0.05, 0.1) is 0 Å². The van der Waals surface area contributed by atoms with Crippen LogP contribution in [0.15, 0.2) is 24.3 Å². The normalized spacial score (nSPS) is 20.2. The summed E-state index contributed by atoms with van der Waals surface area (Å²) >= 11 is 0. The summed E-state index contributed by atoms with van der Waals surface area (Å²) in [6, 6.07) is 7.16. The summed E-state index contributed by atoms with van der Waals surface area (Å²) in [4.78, 5) is 2.41. The number of likely N-dealkylation sites (N-methyl/N-ethyl adjacent to an activating group) is 1. The molecule has 0 saturated carbocycles. The molecule has 0 amide bonds. The van der Waals surface area contributed by atoms with Crippen molar-refractivity contribution in [3.05, 3.63) is 30.1 Å². The maximum Gasteiger partial charge on any atom is 0.165 e. The van der Waals surface area contributed by atoms with E-state index < -0.39 is 0 Å². The lowest BCUT2D eigenvalue weighted by molar-refractivity contribution is 0.192. The van der Waals surface area contributed by atoms with E-state index in [1.807, 2.05) is 7.05 Å². The number of rotatable bonds is 6. The molecule has 18 heavy (non-hydrogen) atoms. The highest BCUT2D eigenvalue weighted by atomic mass is 19.1. The second kappa shape index (κ2) is 6.71. The molecule has 0 radical (unpaired) electrons. The van der Waals surface area contributed by atoms with Crippen LogP contribution in [0.3, 0.4) is 0 Å². The molecule has 2 rings (SSSR count). The monoisotopic (exact) mass is 252 g/mol. The molecular formula is C14H21FN2O. The predicted molar refractivity (Wildman–Crippen MR) is 70.4 cm³/mol. The molecule has 1 unspecified atom stereocenters. The Kier molecular flexibility index (Phi) is 4.96. The summed E-state index contributed by atoms with van der Waals surface area (Å²) < 4.78 is 18.8. The van der Waals surface area contributed by atoms with Gasteiger partial charge < -0.3 is 10.1 Å². The average molecular weight is 252 g/mol. The third-order valence-electron chi connectivity index (χ3n) is 3.41. The minimum Gasteiger partial charge on any atom is -0.489 e. The van der Waals surface area contributed by atoms with Gasteiger partial charge in [0.1, 0.15) is 6.61 Å². The second-order valence-corrected chi connectivity index (χ2v) is 4.67. The zero-order valence-corrected chi connectivity index (χ0v) is 10.9. The van der Waals surface area contributed by atoms with Crippen LogP contribution in [0.4, 0.5) is 4.39 Å². The Labute approximate surface area is 108 Å². The van der Waals surface area contributed by atoms with Gasteiger partial charge in [0, 0.05) is 19.1 Å². The molecule has 1 aliphatic heterocycles. The Morgan fingerprint density at radius 3 is 3.06 bits per heavy atom. The Morgan fingerprint density at radius 1 is 1.44 bits per heavy atom. The highest BCUT2D eigenvalue weighted by Crippen LogP contribution is 2.18. The van der Waals surface area contributed by atoms with Gasteiger partial charge in [0.25, 0.3) is 0 Å². The fourth-order valence-corrected chi connectivity index (χ4v) is 2.49. The van der Waals surface area contributed by atoms with Crippen LogP contribution in [0, 0.1) is 5.82 Å². The van der Waals surface area contributed by atoms with Gasteiger partial charge in [-0.1, -0.05) is 12.1 Å². The van der Waals surface area contributed by atoms with Crippen molar-refractivity contribution < 1.29 is 9.13 Å². The van der Waals surface area contributed by atoms with Gasteiger partial charge in [-0.25, -0.2) is 4.39 Å². The van der Waals surface area contributed by atoms with Crippen LogP contribution in [-0.2, 0) is 0 Å². The van der Waals surface area contributed by atoms with Crippen LogP contribution in [0.1, 0.15) is 12.8 Å². The second-order valence-electron chi connectivity index (χ2n) is 4.67. The number of ether oxygens (including phenoxy) is 1. The molecule has 1 aromatic carbocycles. The fraction of sp³-hybridized carbons (Fsp3) is 0.571. The van der Waals surface area contributed by atoms with Crippen LogP contribution in [0.2, 0.25) is 0 Å². The van der Waals surface area contributed by atoms with Crippen molar-refractivity contribution in [1.82, 2.24) is 10.2 Å². The third kappa shape index (κ3) is 3.43. The van der Waals surface area contributed by atoms with E-state index in [0.29, 0.717) is 18.4 Å². The van der Waals surface area contributed by atoms with Gasteiger partial charge in [-0.2, -0.15) is 0 Å². The lowest BCUT2D eigenvalue weighted by atomic mass is 10.2. The first kappa shape index (κ1) is 13.3. The first-order chi connectivity index (χ1) is 8.81. The molecule has 1 saturated heterocycles. The van der Waals surface area contributed by atoms with Crippen LogP contribution in [-0.4, -0.2) is 44.2 Å². The number of hydrogen-bond acceptors (Lipinski definition) is 3. The molecule has 1 aromatic rings. The highest BCUT2D eigenvalue weighted by Gasteiger charge is 2.23. The molecule has 0 aromatic heterocycles. The lowest BCUT2D eigenvalue weighted by Crippen LogP contribution is -2.39. The molecule has 0 aliphatic carbocycles. The minimum atomic E-state index is -0.286. The van der Waals surface area contributed by atoms with Crippen LogP contribution in [0.5, 0.6) is 5.75 Å². The van der Waals surface area contributed by atoms with E-state index in [1.54, 1.807) is 18.2 Å². The molecule has 100 valence electrons. The molecule has 3 nitrogen and oxygen atoms in total. The van der Waals surface area contributed by atoms with E-state index in [9.17, 15) is 4.39 Å². The van der Waals surface area contributed by atoms with Crippen molar-refractivity contribution in [3.8, 4) is 5.75 Å². The third-order valence-corrected chi connectivity index (χ3v) is 3.41. The van der Waals surface area contributed by atoms with Crippen molar-refractivity contribution in [2.75, 3.05) is 33.3 Å². The summed E-state index contributed by atoms with van der Waals surface area (Å²) in [7, 11) is 1.98. The molecule has 0 spiro atoms. The van der Waals surface area contributed by atoms with E-state index in [1.165, 1.54) is 18.9 Å². The van der Waals surface area contributed by atoms with Crippen molar-refractivity contribution in [2.24, 2.45) is 0 Å². The Bertz CT molecular complexity index is 373. The first-order valence-corrected chi connectivity index (χ1v) is 6.57. The smallest absolute Gasteiger partial charge is 0.165 e. The summed E-state index contributed by atoms with van der Waals surface area (Å²) in [6.45, 7) is 3.54. The van der Waals surface area contributed by atoms with Gasteiger partial charge in [-0.3, -0.25) is 4.90 Å². The maximum absolute atomic E-state index is 13.3. The van der Waals surface area contributed by atoms with E-state index >= 15 is 0 Å². The molecule has 1 heterocycles. The summed E-state index contributed by atoms with van der Waals surface area (Å²) in [5.74, 6) is 0.0626. The minimum absolute atomic E-state index is 0.286. The molecule has 1 fully saturated rings. The SMILES string of the molecule is CNCC1CCCN1CCOc1ccccc1F. The lowest BCUT2D eigenvalue weighted by Gasteiger charge is -2.24. The van der Waals surface area contributed by atoms with Gasteiger partial charge in [-0.15, -0.1) is 0 Å². The number of nitrogens with zero attached hydrogens (tertiary/aromatic N) is 1. The van der Waals surface area contributed by atoms with E-state index in [4.69, 9.17) is 4.74 Å². The summed E-state index contributed by atoms with van der Waals surface area (Å²) in [5, 5.41) is 3.21. The molecular weight excluding hydrogens is 231 g/mol. The van der Waals surface area contributed by atoms with Crippen molar-refractivity contribution in [3.63, 3.8) is 0 Å². The quantitative estimate of drug-likeness (QED) is 0.836. The van der Waals surface area contributed by atoms with Crippen LogP contribution < -0.4 is 10.1 Å². The number of nitrogens with one attached hydrogen (secondary N) is 1. The molecule has 4 heteroatoms. The van der Waals surface area contributed by atoms with E-state index in [-0.39, 0.29) is 5.82 Å². The molecule has 0 bridgehead atoms. The Balaban J connectivity index is 1.76. The van der Waals surface area contributed by atoms with Crippen molar-refractivity contribution in [1.29, 1.82) is 0 Å². The van der Waals surface area contributed by atoms with Gasteiger partial charge in [-0.05, 0) is 38.6 Å². The zero-order valence-electron chi connectivity index (χ0n) is 10.9. The zero-order chi connectivity index (χ0) is 12.8. The number of likely N-dealkylation sites (tertiary alicyclic amines) is 1. The average Bonchev–Trinajstić information content (AvgIpc) is 2.80. The van der Waals surface area contributed by atoms with Crippen molar-refractivity contribution >= 4 is 0 Å². The summed E-state index contributed by atoms with van der Waals surface area (Å²) in [6.07, 6.45) is 2.48. The molecule has 1 N–H and O–H groups in total. The van der Waals surface area contributed by atoms with Crippen LogP contribution >= 0.6 is 0 Å². The summed E-state index contributed by atoms with van der Waals surface area (Å²) in [5.41, 5.74) is 0. The molecule has 1 atom stereocenters. The van der Waals surface area contributed by atoms with Crippen molar-refractivity contribution in [2.45, 2.75) is 18.9 Å². The molecule has 1 aliphatic rings. The van der Waals surface area contributed by atoms with E-state index in [2.05, 4.69) is 10.2 Å². The number of para-hydroxylation sites is 1. The first-order valence-electron chi connectivity index (χ1n) is 6.57. The largest absolute Gasteiger partial charge is 0.489 e. The Morgan fingerprint density at radius 2 is 2.28 bits per heavy atom. The van der Waals surface area contributed by atoms with Gasteiger partial charge in [0.2, 0.25) is 0 Å². The number of benzene rings is 1. The highest BCUT2D eigenvalue weighted by molar-refractivity contribution is 5.23. The number of hydrogen-bond donors (Lipinski definition) is 1.